The molecule has 1 aliphatic carbocycles. The molecule has 0 spiro atoms. The molecule has 0 radical (unpaired) electrons. The maximum atomic E-state index is 13.7. The van der Waals surface area contributed by atoms with E-state index >= 15 is 0 Å². The second kappa shape index (κ2) is 13.2. The van der Waals surface area contributed by atoms with Crippen LogP contribution in [0.1, 0.15) is 56.3 Å². The van der Waals surface area contributed by atoms with Crippen LogP contribution in [0.25, 0.3) is 0 Å². The van der Waals surface area contributed by atoms with Crippen molar-refractivity contribution >= 4 is 27.6 Å². The lowest BCUT2D eigenvalue weighted by Crippen LogP contribution is -2.50. The van der Waals surface area contributed by atoms with Crippen molar-refractivity contribution in [3.63, 3.8) is 0 Å². The van der Waals surface area contributed by atoms with Gasteiger partial charge in [-0.25, -0.2) is 17.6 Å². The van der Waals surface area contributed by atoms with Gasteiger partial charge < -0.3 is 25.4 Å². The number of nitrogens with one attached hydrogen (secondary N) is 2. The number of urea groups is 1. The highest BCUT2D eigenvalue weighted by atomic mass is 32.2. The number of rotatable bonds is 8. The van der Waals surface area contributed by atoms with Gasteiger partial charge in [0, 0.05) is 25.6 Å². The van der Waals surface area contributed by atoms with Gasteiger partial charge in [-0.2, -0.15) is 4.31 Å². The number of carbonyl (C=O) groups excluding carboxylic acids is 2. The van der Waals surface area contributed by atoms with Crippen LogP contribution in [0, 0.1) is 11.7 Å². The van der Waals surface area contributed by atoms with Crippen LogP contribution in [0.3, 0.4) is 0 Å². The fraction of sp³-hybridized carbons (Fsp3) is 0.517. The minimum atomic E-state index is -3.98. The second-order valence-corrected chi connectivity index (χ2v) is 13.0. The minimum Gasteiger partial charge on any atom is -0.486 e. The van der Waals surface area contributed by atoms with Gasteiger partial charge in [0.1, 0.15) is 11.9 Å². The molecule has 3 N–H and O–H groups in total. The number of para-hydroxylation sites is 1. The van der Waals surface area contributed by atoms with Gasteiger partial charge in [0.25, 0.3) is 5.91 Å². The summed E-state index contributed by atoms with van der Waals surface area (Å²) in [6.07, 6.45) is 4.32. The van der Waals surface area contributed by atoms with Crippen molar-refractivity contribution in [2.24, 2.45) is 5.92 Å². The van der Waals surface area contributed by atoms with Gasteiger partial charge in [-0.1, -0.05) is 32.3 Å². The zero-order valence-corrected chi connectivity index (χ0v) is 24.5. The second-order valence-electron chi connectivity index (χ2n) is 11.0. The van der Waals surface area contributed by atoms with Crippen LogP contribution in [-0.2, 0) is 10.0 Å². The Bertz CT molecular complexity index is 1330. The van der Waals surface area contributed by atoms with Gasteiger partial charge in [-0.15, -0.1) is 0 Å². The summed E-state index contributed by atoms with van der Waals surface area (Å²) < 4.78 is 47.5. The topological polar surface area (TPSA) is 128 Å². The predicted octanol–water partition coefficient (Wildman–Crippen LogP) is 3.82. The molecule has 0 saturated heterocycles. The Morgan fingerprint density at radius 1 is 1.17 bits per heavy atom. The number of ether oxygens (including phenoxy) is 1. The van der Waals surface area contributed by atoms with Crippen LogP contribution in [0.2, 0.25) is 0 Å². The van der Waals surface area contributed by atoms with Crippen molar-refractivity contribution < 1.29 is 32.2 Å². The molecule has 3 amide bonds. The molecule has 224 valence electrons. The number of fused-ring (bicyclic) bond motifs is 1. The van der Waals surface area contributed by atoms with Crippen molar-refractivity contribution in [1.82, 2.24) is 14.5 Å². The molecule has 0 unspecified atom stereocenters. The number of aliphatic hydroxyl groups is 1. The molecule has 41 heavy (non-hydrogen) atoms. The summed E-state index contributed by atoms with van der Waals surface area (Å²) in [5, 5.41) is 15.7. The number of halogens is 1. The lowest BCUT2D eigenvalue weighted by molar-refractivity contribution is 0.0389. The van der Waals surface area contributed by atoms with Crippen LogP contribution in [0.4, 0.5) is 14.9 Å². The van der Waals surface area contributed by atoms with Crippen LogP contribution < -0.4 is 15.4 Å². The van der Waals surface area contributed by atoms with E-state index in [1.54, 1.807) is 30.0 Å². The van der Waals surface area contributed by atoms with Crippen LogP contribution in [-0.4, -0.2) is 79.6 Å². The Labute approximate surface area is 240 Å². The monoisotopic (exact) mass is 590 g/mol. The van der Waals surface area contributed by atoms with Crippen LogP contribution in [0.5, 0.6) is 5.75 Å². The normalized spacial score (nSPS) is 20.9. The fourth-order valence-corrected chi connectivity index (χ4v) is 6.47. The highest BCUT2D eigenvalue weighted by Crippen LogP contribution is 2.35. The van der Waals surface area contributed by atoms with Crippen molar-refractivity contribution in [3.8, 4) is 5.75 Å². The van der Waals surface area contributed by atoms with Gasteiger partial charge in [0.05, 0.1) is 35.3 Å². The largest absolute Gasteiger partial charge is 0.486 e. The number of hydrogen-bond donors (Lipinski definition) is 3. The number of amides is 3. The molecule has 2 aromatic rings. The van der Waals surface area contributed by atoms with E-state index in [2.05, 4.69) is 10.6 Å². The Kier molecular flexibility index (Phi) is 9.88. The molecule has 4 rings (SSSR count). The fourth-order valence-electron chi connectivity index (χ4n) is 5.29. The molecule has 1 heterocycles. The summed E-state index contributed by atoms with van der Waals surface area (Å²) in [4.78, 5) is 28.1. The lowest BCUT2D eigenvalue weighted by atomic mass is 9.96. The summed E-state index contributed by atoms with van der Waals surface area (Å²) in [7, 11) is -2.57. The SMILES string of the molecule is C[C@@H]1CN([C@H](C)CO)C(=O)c2cccc(NC(=O)NC3CCCCC3)c2O[C@@H]1CN(C)S(=O)(=O)c1ccc(F)cc1. The van der Waals surface area contributed by atoms with E-state index in [-0.39, 0.29) is 59.5 Å². The summed E-state index contributed by atoms with van der Waals surface area (Å²) in [5.41, 5.74) is 0.477. The standard InChI is InChI=1S/C29H39FN4O6S/c1-19-16-34(20(2)18-35)28(36)24-10-7-11-25(32-29(37)31-22-8-5-4-6-9-22)27(24)40-26(19)17-33(3)41(38,39)23-14-12-21(30)13-15-23/h7,10-15,19-20,22,26,35H,4-6,8-9,16-18H2,1-3H3,(H2,31,32,37)/t19-,20-,26-/m1/s1. The lowest BCUT2D eigenvalue weighted by Gasteiger charge is -2.38. The number of hydrogen-bond acceptors (Lipinski definition) is 6. The summed E-state index contributed by atoms with van der Waals surface area (Å²) in [6, 6.07) is 8.58. The predicted molar refractivity (Wildman–Crippen MR) is 153 cm³/mol. The summed E-state index contributed by atoms with van der Waals surface area (Å²) in [5.74, 6) is -1.14. The Hall–Kier alpha value is -3.22. The van der Waals surface area contributed by atoms with Crippen LogP contribution in [0.15, 0.2) is 47.4 Å². The van der Waals surface area contributed by atoms with E-state index in [9.17, 15) is 27.5 Å². The van der Waals surface area contributed by atoms with E-state index in [0.29, 0.717) is 0 Å². The van der Waals surface area contributed by atoms with E-state index in [0.717, 1.165) is 48.5 Å². The molecule has 2 aliphatic rings. The first-order valence-corrected chi connectivity index (χ1v) is 15.5. The van der Waals surface area contributed by atoms with Crippen molar-refractivity contribution in [2.75, 3.05) is 32.1 Å². The van der Waals surface area contributed by atoms with Gasteiger partial charge >= 0.3 is 6.03 Å². The third kappa shape index (κ3) is 7.17. The first-order chi connectivity index (χ1) is 19.5. The minimum absolute atomic E-state index is 0.0623. The molecule has 1 saturated carbocycles. The van der Waals surface area contributed by atoms with Gasteiger partial charge in [0.15, 0.2) is 5.75 Å². The average molecular weight is 591 g/mol. The van der Waals surface area contributed by atoms with Gasteiger partial charge in [-0.3, -0.25) is 4.79 Å². The molecule has 12 heteroatoms. The molecular weight excluding hydrogens is 551 g/mol. The summed E-state index contributed by atoms with van der Waals surface area (Å²) >= 11 is 0. The molecule has 10 nitrogen and oxygen atoms in total. The zero-order chi connectivity index (χ0) is 29.7. The third-order valence-electron chi connectivity index (χ3n) is 7.84. The molecule has 1 fully saturated rings. The Morgan fingerprint density at radius 2 is 1.85 bits per heavy atom. The number of benzene rings is 2. The third-order valence-corrected chi connectivity index (χ3v) is 9.68. The number of likely N-dealkylation sites (N-methyl/N-ethyl adjacent to an activating group) is 1. The van der Waals surface area contributed by atoms with E-state index in [4.69, 9.17) is 4.74 Å². The van der Waals surface area contributed by atoms with Crippen molar-refractivity contribution in [3.05, 3.63) is 53.8 Å². The van der Waals surface area contributed by atoms with Crippen LogP contribution >= 0.6 is 0 Å². The van der Waals surface area contributed by atoms with E-state index in [1.165, 1.54) is 19.2 Å². The maximum absolute atomic E-state index is 13.7. The Morgan fingerprint density at radius 3 is 2.51 bits per heavy atom. The molecular formula is C29H39FN4O6S. The highest BCUT2D eigenvalue weighted by Gasteiger charge is 2.36. The van der Waals surface area contributed by atoms with Crippen molar-refractivity contribution in [1.29, 1.82) is 0 Å². The van der Waals surface area contributed by atoms with Gasteiger partial charge in [-0.05, 0) is 56.2 Å². The quantitative estimate of drug-likeness (QED) is 0.429. The number of anilines is 1. The molecule has 0 bridgehead atoms. The number of aliphatic hydroxyl groups excluding tert-OH is 1. The average Bonchev–Trinajstić information content (AvgIpc) is 2.95. The smallest absolute Gasteiger partial charge is 0.319 e. The van der Waals surface area contributed by atoms with Gasteiger partial charge in [0.2, 0.25) is 10.0 Å². The number of nitrogens with zero attached hydrogens (tertiary/aromatic N) is 2. The molecule has 1 aliphatic heterocycles. The van der Waals surface area contributed by atoms with Crippen molar-refractivity contribution in [2.45, 2.75) is 69.0 Å². The number of carbonyl (C=O) groups is 2. The molecule has 3 atom stereocenters. The first-order valence-electron chi connectivity index (χ1n) is 14.0. The Balaban J connectivity index is 1.65. The van der Waals surface area contributed by atoms with E-state index in [1.807, 2.05) is 6.92 Å². The van der Waals surface area contributed by atoms with E-state index < -0.39 is 34.0 Å². The molecule has 0 aromatic heterocycles. The molecule has 2 aromatic carbocycles. The zero-order valence-electron chi connectivity index (χ0n) is 23.7. The first kappa shape index (κ1) is 30.7. The number of sulfonamides is 1. The summed E-state index contributed by atoms with van der Waals surface area (Å²) in [6.45, 7) is 3.42. The maximum Gasteiger partial charge on any atom is 0.319 e. The highest BCUT2D eigenvalue weighted by molar-refractivity contribution is 7.89.